The predicted octanol–water partition coefficient (Wildman–Crippen LogP) is 2.41. The van der Waals surface area contributed by atoms with Gasteiger partial charge in [-0.1, -0.05) is 18.2 Å². The van der Waals surface area contributed by atoms with Gasteiger partial charge >= 0.3 is 0 Å². The van der Waals surface area contributed by atoms with Gasteiger partial charge in [-0.15, -0.1) is 0 Å². The molecule has 3 aromatic rings. The van der Waals surface area contributed by atoms with E-state index in [9.17, 15) is 14.0 Å². The van der Waals surface area contributed by atoms with Crippen LogP contribution in [0, 0.1) is 5.82 Å². The fourth-order valence-corrected chi connectivity index (χ4v) is 3.08. The number of amides is 2. The van der Waals surface area contributed by atoms with Crippen LogP contribution in [-0.2, 0) is 11.8 Å². The highest BCUT2D eigenvalue weighted by Gasteiger charge is 2.25. The van der Waals surface area contributed by atoms with Gasteiger partial charge in [0.2, 0.25) is 0 Å². The molecule has 1 atom stereocenters. The molecule has 2 amide bonds. The Morgan fingerprint density at radius 1 is 1.32 bits per heavy atom. The van der Waals surface area contributed by atoms with Gasteiger partial charge < -0.3 is 19.9 Å². The summed E-state index contributed by atoms with van der Waals surface area (Å²) in [6.45, 7) is -0.108. The van der Waals surface area contributed by atoms with Crippen molar-refractivity contribution in [3.8, 4) is 5.75 Å². The molecule has 7 nitrogen and oxygen atoms in total. The quantitative estimate of drug-likeness (QED) is 0.728. The number of nitrogens with one attached hydrogen (secondary N) is 2. The molecule has 1 aliphatic heterocycles. The lowest BCUT2D eigenvalue weighted by Crippen LogP contribution is -2.32. The van der Waals surface area contributed by atoms with Gasteiger partial charge in [-0.25, -0.2) is 9.37 Å². The van der Waals surface area contributed by atoms with E-state index in [1.807, 2.05) is 0 Å². The number of imidazole rings is 1. The summed E-state index contributed by atoms with van der Waals surface area (Å²) in [6.07, 6.45) is 3.31. The zero-order valence-corrected chi connectivity index (χ0v) is 15.0. The zero-order valence-electron chi connectivity index (χ0n) is 15.0. The molecule has 0 aliphatic carbocycles. The number of hydrogen-bond donors (Lipinski definition) is 2. The molecule has 1 aliphatic rings. The number of aryl methyl sites for hydroxylation is 1. The molecule has 1 unspecified atom stereocenters. The Morgan fingerprint density at radius 2 is 2.14 bits per heavy atom. The van der Waals surface area contributed by atoms with Crippen LogP contribution in [-0.4, -0.2) is 28.0 Å². The fourth-order valence-electron chi connectivity index (χ4n) is 3.08. The van der Waals surface area contributed by atoms with Crippen molar-refractivity contribution >= 4 is 17.5 Å². The number of benzene rings is 2. The van der Waals surface area contributed by atoms with Gasteiger partial charge in [0.1, 0.15) is 23.4 Å². The van der Waals surface area contributed by atoms with Crippen LogP contribution in [0.1, 0.15) is 27.8 Å². The van der Waals surface area contributed by atoms with Gasteiger partial charge in [0.15, 0.2) is 6.61 Å². The van der Waals surface area contributed by atoms with Crippen molar-refractivity contribution in [2.45, 2.75) is 6.04 Å². The van der Waals surface area contributed by atoms with Gasteiger partial charge in [-0.3, -0.25) is 9.59 Å². The summed E-state index contributed by atoms with van der Waals surface area (Å²) in [6, 6.07) is 10.2. The second-order valence-corrected chi connectivity index (χ2v) is 6.37. The second kappa shape index (κ2) is 7.15. The number of hydrogen-bond acceptors (Lipinski definition) is 4. The van der Waals surface area contributed by atoms with Crippen molar-refractivity contribution in [3.05, 3.63) is 77.6 Å². The van der Waals surface area contributed by atoms with Crippen molar-refractivity contribution in [3.63, 3.8) is 0 Å². The molecule has 0 saturated heterocycles. The monoisotopic (exact) mass is 380 g/mol. The average Bonchev–Trinajstić information content (AvgIpc) is 3.12. The zero-order chi connectivity index (χ0) is 19.7. The first kappa shape index (κ1) is 17.7. The highest BCUT2D eigenvalue weighted by molar-refractivity contribution is 5.99. The topological polar surface area (TPSA) is 85.2 Å². The number of ether oxygens (including phenoxy) is 1. The summed E-state index contributed by atoms with van der Waals surface area (Å²) in [4.78, 5) is 28.5. The maximum Gasteiger partial charge on any atom is 0.262 e. The number of nitrogens with zero attached hydrogens (tertiary/aromatic N) is 2. The van der Waals surface area contributed by atoms with Gasteiger partial charge in [-0.05, 0) is 24.3 Å². The maximum absolute atomic E-state index is 14.4. The number of anilines is 1. The minimum absolute atomic E-state index is 0.108. The van der Waals surface area contributed by atoms with Crippen LogP contribution in [0.2, 0.25) is 0 Å². The van der Waals surface area contributed by atoms with Gasteiger partial charge in [0, 0.05) is 30.6 Å². The van der Waals surface area contributed by atoms with Crippen LogP contribution >= 0.6 is 0 Å². The van der Waals surface area contributed by atoms with E-state index in [0.29, 0.717) is 28.4 Å². The predicted molar refractivity (Wildman–Crippen MR) is 99.5 cm³/mol. The number of aromatic nitrogens is 2. The van der Waals surface area contributed by atoms with Crippen molar-refractivity contribution in [2.75, 3.05) is 11.9 Å². The molecular weight excluding hydrogens is 363 g/mol. The summed E-state index contributed by atoms with van der Waals surface area (Å²) in [5.41, 5.74) is 1.14. The van der Waals surface area contributed by atoms with Crippen LogP contribution < -0.4 is 15.4 Å². The molecule has 2 N–H and O–H groups in total. The first-order valence-electron chi connectivity index (χ1n) is 8.62. The van der Waals surface area contributed by atoms with E-state index >= 15 is 0 Å². The molecule has 142 valence electrons. The van der Waals surface area contributed by atoms with Crippen molar-refractivity contribution in [2.24, 2.45) is 7.05 Å². The Balaban J connectivity index is 1.66. The lowest BCUT2D eigenvalue weighted by Gasteiger charge is -2.21. The van der Waals surface area contributed by atoms with Gasteiger partial charge in [-0.2, -0.15) is 0 Å². The van der Waals surface area contributed by atoms with E-state index in [0.717, 1.165) is 0 Å². The third kappa shape index (κ3) is 3.32. The molecule has 0 bridgehead atoms. The number of carbonyl (C=O) groups excluding carboxylic acids is 2. The standard InChI is InChI=1S/C20H17FN4O3/c1-25-9-8-22-19(25)18(13-4-2-3-5-14(13)21)24-20(27)12-6-7-15-16(10-12)28-11-17(26)23-15/h2-10,18H,11H2,1H3,(H,23,26)(H,24,27). The number of fused-ring (bicyclic) bond motifs is 1. The maximum atomic E-state index is 14.4. The first-order valence-corrected chi connectivity index (χ1v) is 8.62. The Labute approximate surface area is 160 Å². The summed E-state index contributed by atoms with van der Waals surface area (Å²) < 4.78 is 21.5. The fraction of sp³-hybridized carbons (Fsp3) is 0.150. The normalized spacial score (nSPS) is 13.9. The lowest BCUT2D eigenvalue weighted by molar-refractivity contribution is -0.118. The van der Waals surface area contributed by atoms with E-state index in [-0.39, 0.29) is 12.5 Å². The molecule has 2 heterocycles. The van der Waals surface area contributed by atoms with E-state index in [2.05, 4.69) is 15.6 Å². The number of rotatable bonds is 4. The number of carbonyl (C=O) groups is 2. The summed E-state index contributed by atoms with van der Waals surface area (Å²) in [5, 5.41) is 5.52. The van der Waals surface area contributed by atoms with Crippen molar-refractivity contribution < 1.29 is 18.7 Å². The summed E-state index contributed by atoms with van der Waals surface area (Å²) in [7, 11) is 1.78. The van der Waals surface area contributed by atoms with E-state index in [1.165, 1.54) is 6.07 Å². The van der Waals surface area contributed by atoms with Gasteiger partial charge in [0.25, 0.3) is 11.8 Å². The second-order valence-electron chi connectivity index (χ2n) is 6.37. The van der Waals surface area contributed by atoms with E-state index in [4.69, 9.17) is 4.74 Å². The molecule has 2 aromatic carbocycles. The Bertz CT molecular complexity index is 1060. The van der Waals surface area contributed by atoms with E-state index < -0.39 is 17.8 Å². The van der Waals surface area contributed by atoms with Crippen LogP contribution in [0.15, 0.2) is 54.9 Å². The van der Waals surface area contributed by atoms with Crippen LogP contribution in [0.25, 0.3) is 0 Å². The van der Waals surface area contributed by atoms with Crippen molar-refractivity contribution in [1.82, 2.24) is 14.9 Å². The van der Waals surface area contributed by atoms with Crippen LogP contribution in [0.4, 0.5) is 10.1 Å². The SMILES string of the molecule is Cn1ccnc1C(NC(=O)c1ccc2c(c1)OCC(=O)N2)c1ccccc1F. The molecule has 0 fully saturated rings. The summed E-state index contributed by atoms with van der Waals surface area (Å²) in [5.74, 6) is -0.197. The minimum Gasteiger partial charge on any atom is -0.482 e. The van der Waals surface area contributed by atoms with Crippen molar-refractivity contribution in [1.29, 1.82) is 0 Å². The highest BCUT2D eigenvalue weighted by Crippen LogP contribution is 2.29. The molecule has 0 spiro atoms. The Morgan fingerprint density at radius 3 is 2.89 bits per heavy atom. The van der Waals surface area contributed by atoms with Gasteiger partial charge in [0.05, 0.1) is 5.69 Å². The smallest absolute Gasteiger partial charge is 0.262 e. The molecule has 0 radical (unpaired) electrons. The lowest BCUT2D eigenvalue weighted by atomic mass is 10.0. The Hall–Kier alpha value is -3.68. The number of halogens is 1. The third-order valence-electron chi connectivity index (χ3n) is 4.48. The Kier molecular flexibility index (Phi) is 4.52. The van der Waals surface area contributed by atoms with E-state index in [1.54, 1.807) is 60.4 Å². The molecular formula is C20H17FN4O3. The summed E-state index contributed by atoms with van der Waals surface area (Å²) >= 11 is 0. The van der Waals surface area contributed by atoms with Crippen LogP contribution in [0.3, 0.4) is 0 Å². The molecule has 0 saturated carbocycles. The first-order chi connectivity index (χ1) is 13.5. The minimum atomic E-state index is -0.773. The largest absolute Gasteiger partial charge is 0.482 e. The highest BCUT2D eigenvalue weighted by atomic mass is 19.1. The molecule has 4 rings (SSSR count). The molecule has 8 heteroatoms. The third-order valence-corrected chi connectivity index (χ3v) is 4.48. The average molecular weight is 380 g/mol. The molecule has 1 aromatic heterocycles. The van der Waals surface area contributed by atoms with Crippen LogP contribution in [0.5, 0.6) is 5.75 Å². The molecule has 28 heavy (non-hydrogen) atoms.